The van der Waals surface area contributed by atoms with E-state index in [2.05, 4.69) is 17.3 Å². The minimum atomic E-state index is -0.384. The lowest BCUT2D eigenvalue weighted by Crippen LogP contribution is -2.35. The highest BCUT2D eigenvalue weighted by Crippen LogP contribution is 2.17. The Morgan fingerprint density at radius 3 is 2.63 bits per heavy atom. The van der Waals surface area contributed by atoms with Crippen molar-refractivity contribution in [2.45, 2.75) is 53.1 Å². The van der Waals surface area contributed by atoms with Gasteiger partial charge in [0.25, 0.3) is 11.5 Å². The van der Waals surface area contributed by atoms with Crippen LogP contribution in [0.3, 0.4) is 0 Å². The van der Waals surface area contributed by atoms with Crippen LogP contribution in [0.15, 0.2) is 23.3 Å². The predicted octanol–water partition coefficient (Wildman–Crippen LogP) is 2.84. The number of carbonyl (C=O) groups excluding carboxylic acids is 1. The minimum absolute atomic E-state index is 0.0310. The third-order valence-corrected chi connectivity index (χ3v) is 4.64. The molecule has 1 amide bonds. The van der Waals surface area contributed by atoms with Crippen LogP contribution < -0.4 is 10.9 Å². The Bertz CT molecular complexity index is 851. The molecular formula is C20H31N5O2. The Hall–Kier alpha value is -2.41. The van der Waals surface area contributed by atoms with Gasteiger partial charge in [0.15, 0.2) is 0 Å². The fraction of sp³-hybridized carbons (Fsp3) is 0.550. The summed E-state index contributed by atoms with van der Waals surface area (Å²) in [4.78, 5) is 28.0. The first-order valence-electron chi connectivity index (χ1n) is 9.46. The van der Waals surface area contributed by atoms with Gasteiger partial charge in [-0.2, -0.15) is 5.10 Å². The van der Waals surface area contributed by atoms with E-state index in [1.165, 1.54) is 0 Å². The Labute approximate surface area is 161 Å². The number of aromatic nitrogens is 3. The van der Waals surface area contributed by atoms with Crippen molar-refractivity contribution >= 4 is 11.7 Å². The average Bonchev–Trinajstić information content (AvgIpc) is 2.92. The maximum absolute atomic E-state index is 13.0. The first kappa shape index (κ1) is 20.9. The molecule has 1 N–H and O–H groups in total. The van der Waals surface area contributed by atoms with Gasteiger partial charge in [0.1, 0.15) is 11.4 Å². The molecule has 0 fully saturated rings. The van der Waals surface area contributed by atoms with Crippen molar-refractivity contribution in [2.24, 2.45) is 0 Å². The maximum Gasteiger partial charge on any atom is 0.263 e. The Kier molecular flexibility index (Phi) is 6.96. The quantitative estimate of drug-likeness (QED) is 0.772. The van der Waals surface area contributed by atoms with E-state index in [0.717, 1.165) is 24.9 Å². The molecule has 0 aliphatic heterocycles. The Morgan fingerprint density at radius 1 is 1.30 bits per heavy atom. The lowest BCUT2D eigenvalue weighted by Gasteiger charge is -2.20. The zero-order valence-electron chi connectivity index (χ0n) is 17.2. The number of anilines is 1. The highest BCUT2D eigenvalue weighted by Gasteiger charge is 2.20. The van der Waals surface area contributed by atoms with Gasteiger partial charge < -0.3 is 14.8 Å². The van der Waals surface area contributed by atoms with Crippen molar-refractivity contribution in [3.05, 3.63) is 45.5 Å². The monoisotopic (exact) mass is 373 g/mol. The third-order valence-electron chi connectivity index (χ3n) is 4.64. The van der Waals surface area contributed by atoms with Gasteiger partial charge in [-0.15, -0.1) is 0 Å². The van der Waals surface area contributed by atoms with E-state index in [4.69, 9.17) is 0 Å². The molecule has 0 aromatic carbocycles. The maximum atomic E-state index is 13.0. The number of pyridine rings is 1. The number of nitrogens with zero attached hydrogens (tertiary/aromatic N) is 4. The Morgan fingerprint density at radius 2 is 2.00 bits per heavy atom. The number of hydrogen-bond donors (Lipinski definition) is 1. The molecule has 1 atom stereocenters. The summed E-state index contributed by atoms with van der Waals surface area (Å²) in [5.41, 5.74) is 1.47. The van der Waals surface area contributed by atoms with E-state index in [1.54, 1.807) is 28.6 Å². The zero-order valence-corrected chi connectivity index (χ0v) is 17.2. The number of unbranched alkanes of at least 4 members (excludes halogenated alkanes) is 1. The van der Waals surface area contributed by atoms with Gasteiger partial charge in [0.2, 0.25) is 0 Å². The highest BCUT2D eigenvalue weighted by molar-refractivity contribution is 6.04. The van der Waals surface area contributed by atoms with Crippen molar-refractivity contribution in [1.82, 2.24) is 19.2 Å². The summed E-state index contributed by atoms with van der Waals surface area (Å²) in [6, 6.07) is 1.79. The first-order chi connectivity index (χ1) is 12.8. The zero-order chi connectivity index (χ0) is 20.1. The molecule has 0 bridgehead atoms. The van der Waals surface area contributed by atoms with E-state index in [0.29, 0.717) is 17.9 Å². The molecule has 0 radical (unpaired) electrons. The van der Waals surface area contributed by atoms with Gasteiger partial charge in [-0.25, -0.2) is 4.68 Å². The molecule has 27 heavy (non-hydrogen) atoms. The number of rotatable bonds is 8. The molecular weight excluding hydrogens is 342 g/mol. The molecule has 1 unspecified atom stereocenters. The van der Waals surface area contributed by atoms with Crippen LogP contribution in [0.2, 0.25) is 0 Å². The lowest BCUT2D eigenvalue weighted by atomic mass is 10.1. The van der Waals surface area contributed by atoms with Gasteiger partial charge in [-0.1, -0.05) is 13.3 Å². The summed E-state index contributed by atoms with van der Waals surface area (Å²) < 4.78 is 3.42. The van der Waals surface area contributed by atoms with Gasteiger partial charge in [0.05, 0.1) is 6.20 Å². The normalized spacial score (nSPS) is 12.4. The summed E-state index contributed by atoms with van der Waals surface area (Å²) in [5.74, 6) is 0.272. The van der Waals surface area contributed by atoms with Crippen LogP contribution in [0, 0.1) is 13.8 Å². The van der Waals surface area contributed by atoms with Crippen molar-refractivity contribution in [1.29, 1.82) is 0 Å². The number of hydrogen-bond acceptors (Lipinski definition) is 4. The standard InChI is InChI=1S/C20H31N5O2/c1-7-8-10-25-18(15(3)12-21-25)22-19(26)17-14(2)9-11-24(20(17)27)16(4)13-23(5)6/h9,11-12,16H,7-8,10,13H2,1-6H3,(H,22,26). The summed E-state index contributed by atoms with van der Waals surface area (Å²) >= 11 is 0. The molecule has 2 aromatic heterocycles. The Balaban J connectivity index is 2.34. The highest BCUT2D eigenvalue weighted by atomic mass is 16.2. The number of carbonyl (C=O) groups is 1. The van der Waals surface area contributed by atoms with Crippen LogP contribution in [-0.4, -0.2) is 45.8 Å². The van der Waals surface area contributed by atoms with Crippen LogP contribution in [0.4, 0.5) is 5.82 Å². The fourth-order valence-electron chi connectivity index (χ4n) is 3.17. The molecule has 0 spiro atoms. The van der Waals surface area contributed by atoms with E-state index < -0.39 is 0 Å². The second-order valence-electron chi connectivity index (χ2n) is 7.40. The third kappa shape index (κ3) is 4.86. The van der Waals surface area contributed by atoms with Crippen LogP contribution in [-0.2, 0) is 6.54 Å². The van der Waals surface area contributed by atoms with Crippen LogP contribution in [0.5, 0.6) is 0 Å². The topological polar surface area (TPSA) is 72.2 Å². The van der Waals surface area contributed by atoms with Crippen LogP contribution >= 0.6 is 0 Å². The van der Waals surface area contributed by atoms with Crippen molar-refractivity contribution in [3.63, 3.8) is 0 Å². The van der Waals surface area contributed by atoms with E-state index >= 15 is 0 Å². The smallest absolute Gasteiger partial charge is 0.263 e. The largest absolute Gasteiger partial charge is 0.311 e. The molecule has 0 aliphatic rings. The van der Waals surface area contributed by atoms with Crippen molar-refractivity contribution in [3.8, 4) is 0 Å². The summed E-state index contributed by atoms with van der Waals surface area (Å²) in [6.07, 6.45) is 5.52. The van der Waals surface area contributed by atoms with Crippen molar-refractivity contribution in [2.75, 3.05) is 26.0 Å². The summed E-state index contributed by atoms with van der Waals surface area (Å²) in [7, 11) is 3.92. The number of likely N-dealkylation sites (N-methyl/N-ethyl adjacent to an activating group) is 1. The van der Waals surface area contributed by atoms with Gasteiger partial charge in [-0.05, 0) is 52.9 Å². The van der Waals surface area contributed by atoms with Gasteiger partial charge >= 0.3 is 0 Å². The van der Waals surface area contributed by atoms with E-state index in [1.807, 2.05) is 38.9 Å². The fourth-order valence-corrected chi connectivity index (χ4v) is 3.17. The number of amides is 1. The number of aryl methyl sites for hydroxylation is 3. The average molecular weight is 374 g/mol. The summed E-state index contributed by atoms with van der Waals surface area (Å²) in [5, 5.41) is 7.25. The predicted molar refractivity (Wildman–Crippen MR) is 109 cm³/mol. The molecule has 7 heteroatoms. The molecule has 2 rings (SSSR count). The second kappa shape index (κ2) is 8.99. The molecule has 7 nitrogen and oxygen atoms in total. The van der Waals surface area contributed by atoms with Gasteiger partial charge in [0, 0.05) is 30.9 Å². The van der Waals surface area contributed by atoms with Crippen LogP contribution in [0.1, 0.15) is 54.2 Å². The molecule has 0 saturated carbocycles. The lowest BCUT2D eigenvalue weighted by molar-refractivity contribution is 0.102. The molecule has 148 valence electrons. The van der Waals surface area contributed by atoms with Crippen molar-refractivity contribution < 1.29 is 4.79 Å². The van der Waals surface area contributed by atoms with Gasteiger partial charge in [-0.3, -0.25) is 9.59 Å². The molecule has 2 aromatic rings. The summed E-state index contributed by atoms with van der Waals surface area (Å²) in [6.45, 7) is 9.23. The second-order valence-corrected chi connectivity index (χ2v) is 7.40. The number of nitrogens with one attached hydrogen (secondary N) is 1. The molecule has 0 saturated heterocycles. The van der Waals surface area contributed by atoms with E-state index in [9.17, 15) is 9.59 Å². The van der Waals surface area contributed by atoms with Crippen LogP contribution in [0.25, 0.3) is 0 Å². The molecule has 2 heterocycles. The minimum Gasteiger partial charge on any atom is -0.311 e. The van der Waals surface area contributed by atoms with E-state index in [-0.39, 0.29) is 23.1 Å². The molecule has 0 aliphatic carbocycles. The first-order valence-corrected chi connectivity index (χ1v) is 9.46. The SMILES string of the molecule is CCCCn1ncc(C)c1NC(=O)c1c(C)ccn(C(C)CN(C)C)c1=O.